The molecule has 1 N–H and O–H groups in total. The molecule has 0 saturated carbocycles. The first kappa shape index (κ1) is 26.0. The molecule has 2 atom stereocenters. The summed E-state index contributed by atoms with van der Waals surface area (Å²) in [5.41, 5.74) is 2.44. The molecule has 0 aliphatic carbocycles. The molecule has 0 radical (unpaired) electrons. The summed E-state index contributed by atoms with van der Waals surface area (Å²) >= 11 is 0. The Morgan fingerprint density at radius 3 is 2.90 bits per heavy atom. The maximum Gasteiger partial charge on any atom is 0.341 e. The van der Waals surface area contributed by atoms with Crippen LogP contribution in [0.15, 0.2) is 35.3 Å². The van der Waals surface area contributed by atoms with Gasteiger partial charge in [-0.1, -0.05) is 6.07 Å². The van der Waals surface area contributed by atoms with Gasteiger partial charge in [0, 0.05) is 32.0 Å². The van der Waals surface area contributed by atoms with Crippen molar-refractivity contribution in [2.75, 3.05) is 36.5 Å². The first-order valence-corrected chi connectivity index (χ1v) is 12.6. The zero-order chi connectivity index (χ0) is 27.8. The van der Waals surface area contributed by atoms with Gasteiger partial charge in [0.2, 0.25) is 11.5 Å². The summed E-state index contributed by atoms with van der Waals surface area (Å²) < 4.78 is 28.2. The number of hydrogen-bond acceptors (Lipinski definition) is 8. The van der Waals surface area contributed by atoms with Crippen LogP contribution in [0, 0.1) is 17.1 Å². The lowest BCUT2D eigenvalue weighted by Crippen LogP contribution is -2.30. The topological polar surface area (TPSA) is 125 Å². The number of rotatable bonds is 7. The molecule has 2 aromatic carbocycles. The molecule has 1 aromatic heterocycles. The van der Waals surface area contributed by atoms with Gasteiger partial charge in [0.15, 0.2) is 11.6 Å². The monoisotopic (exact) mass is 534 g/mol. The number of pyridine rings is 1. The Morgan fingerprint density at radius 2 is 2.18 bits per heavy atom. The molecule has 0 amide bonds. The smallest absolute Gasteiger partial charge is 0.341 e. The number of carbonyl (C=O) groups excluding carboxylic acids is 1. The van der Waals surface area contributed by atoms with E-state index in [4.69, 9.17) is 9.47 Å². The molecular formula is C28H27FN4O6. The van der Waals surface area contributed by atoms with E-state index in [0.717, 1.165) is 35.7 Å². The summed E-state index contributed by atoms with van der Waals surface area (Å²) in [4.78, 5) is 39.0. The van der Waals surface area contributed by atoms with Crippen LogP contribution in [0.25, 0.3) is 10.9 Å². The number of carboxylic acids is 1. The van der Waals surface area contributed by atoms with Gasteiger partial charge in [0.1, 0.15) is 23.9 Å². The molecular weight excluding hydrogens is 507 g/mol. The number of aryl methyl sites for hydroxylation is 1. The molecule has 202 valence electrons. The van der Waals surface area contributed by atoms with Crippen LogP contribution < -0.4 is 20.0 Å². The van der Waals surface area contributed by atoms with Gasteiger partial charge in [-0.3, -0.25) is 9.59 Å². The van der Waals surface area contributed by atoms with Gasteiger partial charge in [-0.05, 0) is 49.1 Å². The number of carbonyl (C=O) groups is 2. The summed E-state index contributed by atoms with van der Waals surface area (Å²) in [6.45, 7) is 3.48. The van der Waals surface area contributed by atoms with Gasteiger partial charge in [-0.25, -0.2) is 9.18 Å². The summed E-state index contributed by atoms with van der Waals surface area (Å²) in [6, 6.07) is 8.73. The van der Waals surface area contributed by atoms with Crippen LogP contribution >= 0.6 is 0 Å². The van der Waals surface area contributed by atoms with Crippen molar-refractivity contribution in [2.45, 2.75) is 38.5 Å². The van der Waals surface area contributed by atoms with E-state index in [1.807, 2.05) is 48.0 Å². The second-order valence-corrected chi connectivity index (χ2v) is 9.89. The third kappa shape index (κ3) is 4.63. The fraction of sp³-hybridized carbons (Fsp3) is 0.357. The predicted octanol–water partition coefficient (Wildman–Crippen LogP) is 3.25. The van der Waals surface area contributed by atoms with Crippen LogP contribution in [0.5, 0.6) is 5.75 Å². The van der Waals surface area contributed by atoms with Gasteiger partial charge >= 0.3 is 5.97 Å². The highest BCUT2D eigenvalue weighted by Crippen LogP contribution is 2.43. The van der Waals surface area contributed by atoms with Crippen LogP contribution in [0.4, 0.5) is 15.8 Å². The summed E-state index contributed by atoms with van der Waals surface area (Å²) in [7, 11) is 1.81. The van der Waals surface area contributed by atoms with E-state index in [1.165, 1.54) is 6.20 Å². The molecule has 5 rings (SSSR count). The van der Waals surface area contributed by atoms with E-state index in [-0.39, 0.29) is 42.5 Å². The Labute approximate surface area is 223 Å². The average molecular weight is 535 g/mol. The molecule has 2 unspecified atom stereocenters. The average Bonchev–Trinajstić information content (AvgIpc) is 3.12. The summed E-state index contributed by atoms with van der Waals surface area (Å²) in [5, 5.41) is 18.7. The number of likely N-dealkylation sites (N-methyl/N-ethyl adjacent to an activating group) is 1. The van der Waals surface area contributed by atoms with Crippen molar-refractivity contribution < 1.29 is 28.6 Å². The van der Waals surface area contributed by atoms with Crippen LogP contribution in [0.3, 0.4) is 0 Å². The SMILES string of the molecule is CC1COc2c(N3CCCc4cc(N(C)CC(C#N)OC=O)ccc4C3)c(F)cc3c(=O)c(C(=O)O)cn1c23. The number of hydrogen-bond donors (Lipinski definition) is 1. The first-order valence-electron chi connectivity index (χ1n) is 12.6. The number of nitriles is 1. The van der Waals surface area contributed by atoms with E-state index >= 15 is 4.39 Å². The standard InChI is InChI=1S/C28H27FN4O6/c1-16-14-38-27-24-21(26(35)22(28(36)37)13-33(16)24)9-23(29)25(27)32-7-3-4-17-8-19(6-5-18(17)11-32)31(2)12-20(10-30)39-15-34/h5-6,8-9,13,15-16,20H,3-4,7,11-12,14H2,1-2H3,(H,36,37). The molecule has 3 heterocycles. The van der Waals surface area contributed by atoms with E-state index in [1.54, 1.807) is 4.57 Å². The zero-order valence-corrected chi connectivity index (χ0v) is 21.5. The Balaban J connectivity index is 1.52. The molecule has 0 bridgehead atoms. The molecule has 0 saturated heterocycles. The fourth-order valence-electron chi connectivity index (χ4n) is 5.37. The highest BCUT2D eigenvalue weighted by atomic mass is 19.1. The molecule has 2 aliphatic heterocycles. The maximum absolute atomic E-state index is 15.7. The molecule has 3 aromatic rings. The summed E-state index contributed by atoms with van der Waals surface area (Å²) in [6.07, 6.45) is 1.90. The molecule has 10 nitrogen and oxygen atoms in total. The van der Waals surface area contributed by atoms with Gasteiger partial charge in [-0.2, -0.15) is 5.26 Å². The van der Waals surface area contributed by atoms with E-state index in [0.29, 0.717) is 18.6 Å². The lowest BCUT2D eigenvalue weighted by molar-refractivity contribution is -0.130. The minimum atomic E-state index is -1.36. The Kier molecular flexibility index (Phi) is 6.87. The number of nitrogens with zero attached hydrogens (tertiary/aromatic N) is 4. The quantitative estimate of drug-likeness (QED) is 0.455. The van der Waals surface area contributed by atoms with Crippen LogP contribution in [0.1, 0.15) is 40.9 Å². The van der Waals surface area contributed by atoms with Crippen molar-refractivity contribution >= 4 is 34.7 Å². The third-order valence-corrected chi connectivity index (χ3v) is 7.36. The van der Waals surface area contributed by atoms with Crippen molar-refractivity contribution in [3.63, 3.8) is 0 Å². The number of halogens is 1. The minimum absolute atomic E-state index is 0.0187. The highest BCUT2D eigenvalue weighted by Gasteiger charge is 2.31. The van der Waals surface area contributed by atoms with Crippen LogP contribution in [0.2, 0.25) is 0 Å². The van der Waals surface area contributed by atoms with Crippen molar-refractivity contribution in [1.82, 2.24) is 4.57 Å². The van der Waals surface area contributed by atoms with Crippen LogP contribution in [-0.4, -0.2) is 55.0 Å². The zero-order valence-electron chi connectivity index (χ0n) is 21.5. The second-order valence-electron chi connectivity index (χ2n) is 9.89. The second kappa shape index (κ2) is 10.3. The summed E-state index contributed by atoms with van der Waals surface area (Å²) in [5.74, 6) is -1.76. The molecule has 0 spiro atoms. The Bertz CT molecular complexity index is 1580. The Hall–Kier alpha value is -4.59. The molecule has 2 aliphatic rings. The number of ether oxygens (including phenoxy) is 2. The maximum atomic E-state index is 15.7. The number of fused-ring (bicyclic) bond motifs is 1. The molecule has 39 heavy (non-hydrogen) atoms. The van der Waals surface area contributed by atoms with Crippen LogP contribution in [-0.2, 0) is 22.5 Å². The highest BCUT2D eigenvalue weighted by molar-refractivity contribution is 5.97. The number of aromatic carboxylic acids is 1. The minimum Gasteiger partial charge on any atom is -0.487 e. The lowest BCUT2D eigenvalue weighted by atomic mass is 10.0. The molecule has 0 fully saturated rings. The van der Waals surface area contributed by atoms with E-state index in [2.05, 4.69) is 0 Å². The number of anilines is 2. The van der Waals surface area contributed by atoms with Crippen molar-refractivity contribution in [1.29, 1.82) is 5.26 Å². The lowest BCUT2D eigenvalue weighted by Gasteiger charge is -2.32. The number of carboxylic acid groups (broad SMARTS) is 1. The third-order valence-electron chi connectivity index (χ3n) is 7.36. The first-order chi connectivity index (χ1) is 18.7. The Morgan fingerprint density at radius 1 is 1.38 bits per heavy atom. The fourth-order valence-corrected chi connectivity index (χ4v) is 5.37. The molecule has 11 heteroatoms. The van der Waals surface area contributed by atoms with E-state index < -0.39 is 28.9 Å². The van der Waals surface area contributed by atoms with Gasteiger partial charge < -0.3 is 28.9 Å². The van der Waals surface area contributed by atoms with Crippen molar-refractivity contribution in [2.24, 2.45) is 0 Å². The van der Waals surface area contributed by atoms with Crippen molar-refractivity contribution in [3.8, 4) is 11.8 Å². The van der Waals surface area contributed by atoms with Gasteiger partial charge in [0.05, 0.1) is 23.5 Å². The number of benzene rings is 2. The van der Waals surface area contributed by atoms with Gasteiger partial charge in [0.25, 0.3) is 6.47 Å². The van der Waals surface area contributed by atoms with E-state index in [9.17, 15) is 24.8 Å². The normalized spacial score (nSPS) is 16.9. The number of aromatic nitrogens is 1. The largest absolute Gasteiger partial charge is 0.487 e. The van der Waals surface area contributed by atoms with Gasteiger partial charge in [-0.15, -0.1) is 0 Å². The van der Waals surface area contributed by atoms with Crippen molar-refractivity contribution in [3.05, 3.63) is 63.2 Å². The predicted molar refractivity (Wildman–Crippen MR) is 141 cm³/mol.